The molecule has 1 aliphatic rings. The summed E-state index contributed by atoms with van der Waals surface area (Å²) in [4.78, 5) is 21.8. The van der Waals surface area contributed by atoms with Gasteiger partial charge in [-0.25, -0.2) is 4.79 Å². The van der Waals surface area contributed by atoms with Crippen molar-refractivity contribution in [3.05, 3.63) is 35.9 Å². The molecule has 0 unspecified atom stereocenters. The van der Waals surface area contributed by atoms with Crippen LogP contribution in [0.5, 0.6) is 0 Å². The van der Waals surface area contributed by atoms with Gasteiger partial charge >= 0.3 is 5.97 Å². The third-order valence-corrected chi connectivity index (χ3v) is 1.98. The fourth-order valence-corrected chi connectivity index (χ4v) is 1.41. The zero-order valence-corrected chi connectivity index (χ0v) is 7.15. The summed E-state index contributed by atoms with van der Waals surface area (Å²) < 4.78 is 0. The van der Waals surface area contributed by atoms with Gasteiger partial charge in [-0.2, -0.15) is 0 Å². The van der Waals surface area contributed by atoms with Gasteiger partial charge < -0.3 is 10.4 Å². The number of carbonyl (C=O) groups excluding carboxylic acids is 1. The molecule has 1 aromatic rings. The van der Waals surface area contributed by atoms with Crippen LogP contribution in [0.2, 0.25) is 0 Å². The molecular weight excluding hydrogens is 182 g/mol. The van der Waals surface area contributed by atoms with E-state index < -0.39 is 5.97 Å². The van der Waals surface area contributed by atoms with E-state index in [1.807, 2.05) is 0 Å². The number of aliphatic carboxylic acids is 1. The molecule has 14 heavy (non-hydrogen) atoms. The van der Waals surface area contributed by atoms with Gasteiger partial charge in [-0.1, -0.05) is 18.2 Å². The largest absolute Gasteiger partial charge is 0.478 e. The third-order valence-electron chi connectivity index (χ3n) is 1.98. The minimum Gasteiger partial charge on any atom is -0.478 e. The highest BCUT2D eigenvalue weighted by atomic mass is 16.4. The number of rotatable bonds is 1. The van der Waals surface area contributed by atoms with Crippen molar-refractivity contribution in [1.82, 2.24) is 0 Å². The Kier molecular flexibility index (Phi) is 1.81. The van der Waals surface area contributed by atoms with Crippen molar-refractivity contribution >= 4 is 23.1 Å². The Labute approximate surface area is 79.9 Å². The topological polar surface area (TPSA) is 66.4 Å². The molecule has 0 atom stereocenters. The lowest BCUT2D eigenvalue weighted by molar-refractivity contribution is -0.131. The Bertz CT molecular complexity index is 448. The molecule has 4 nitrogen and oxygen atoms in total. The summed E-state index contributed by atoms with van der Waals surface area (Å²) in [5, 5.41) is 11.1. The molecule has 0 aliphatic carbocycles. The van der Waals surface area contributed by atoms with E-state index in [4.69, 9.17) is 5.11 Å². The van der Waals surface area contributed by atoms with Gasteiger partial charge in [0.25, 0.3) is 5.91 Å². The predicted molar refractivity (Wildman–Crippen MR) is 50.7 cm³/mol. The SMILES string of the molecule is O=C(O)/C=C1/C(=O)Nc2ccccc21. The van der Waals surface area contributed by atoms with Crippen molar-refractivity contribution in [2.45, 2.75) is 0 Å². The summed E-state index contributed by atoms with van der Waals surface area (Å²) in [7, 11) is 0. The highest BCUT2D eigenvalue weighted by molar-refractivity contribution is 6.33. The van der Waals surface area contributed by atoms with Crippen LogP contribution in [0.3, 0.4) is 0 Å². The van der Waals surface area contributed by atoms with Gasteiger partial charge in [-0.15, -0.1) is 0 Å². The van der Waals surface area contributed by atoms with Gasteiger partial charge in [0.2, 0.25) is 0 Å². The second-order valence-corrected chi connectivity index (χ2v) is 2.90. The summed E-state index contributed by atoms with van der Waals surface area (Å²) >= 11 is 0. The Morgan fingerprint density at radius 3 is 2.79 bits per heavy atom. The minimum absolute atomic E-state index is 0.202. The van der Waals surface area contributed by atoms with Crippen molar-refractivity contribution < 1.29 is 14.7 Å². The van der Waals surface area contributed by atoms with Gasteiger partial charge in [-0.3, -0.25) is 4.79 Å². The molecular formula is C10H7NO3. The number of benzene rings is 1. The first-order valence-electron chi connectivity index (χ1n) is 4.04. The average Bonchev–Trinajstić information content (AvgIpc) is 2.43. The van der Waals surface area contributed by atoms with Crippen LogP contribution in [0, 0.1) is 0 Å². The smallest absolute Gasteiger partial charge is 0.329 e. The van der Waals surface area contributed by atoms with Crippen molar-refractivity contribution in [3.8, 4) is 0 Å². The summed E-state index contributed by atoms with van der Waals surface area (Å²) in [5.41, 5.74) is 1.50. The van der Waals surface area contributed by atoms with Gasteiger partial charge in [-0.05, 0) is 6.07 Å². The lowest BCUT2D eigenvalue weighted by Crippen LogP contribution is -2.05. The molecule has 0 aromatic heterocycles. The highest BCUT2D eigenvalue weighted by Crippen LogP contribution is 2.30. The first-order valence-corrected chi connectivity index (χ1v) is 4.04. The predicted octanol–water partition coefficient (Wildman–Crippen LogP) is 1.11. The summed E-state index contributed by atoms with van der Waals surface area (Å²) in [6.07, 6.45) is 0.918. The fraction of sp³-hybridized carbons (Fsp3) is 0. The Hall–Kier alpha value is -2.10. The molecule has 1 aliphatic heterocycles. The van der Waals surface area contributed by atoms with Crippen molar-refractivity contribution in [2.75, 3.05) is 5.32 Å². The molecule has 0 saturated carbocycles. The summed E-state index contributed by atoms with van der Waals surface area (Å²) in [6.45, 7) is 0. The van der Waals surface area contributed by atoms with Crippen molar-refractivity contribution in [2.24, 2.45) is 0 Å². The van der Waals surface area contributed by atoms with Gasteiger partial charge in [0.1, 0.15) is 0 Å². The van der Waals surface area contributed by atoms with Crippen LogP contribution in [-0.2, 0) is 9.59 Å². The molecule has 1 heterocycles. The van der Waals surface area contributed by atoms with Gasteiger partial charge in [0.15, 0.2) is 0 Å². The maximum Gasteiger partial charge on any atom is 0.329 e. The van der Waals surface area contributed by atoms with Crippen LogP contribution >= 0.6 is 0 Å². The van der Waals surface area contributed by atoms with E-state index in [1.165, 1.54) is 0 Å². The third kappa shape index (κ3) is 1.26. The normalized spacial score (nSPS) is 16.6. The fourth-order valence-electron chi connectivity index (χ4n) is 1.41. The van der Waals surface area contributed by atoms with Crippen LogP contribution in [0.4, 0.5) is 5.69 Å². The number of nitrogens with one attached hydrogen (secondary N) is 1. The average molecular weight is 189 g/mol. The second kappa shape index (κ2) is 2.99. The summed E-state index contributed by atoms with van der Waals surface area (Å²) in [5.74, 6) is -1.49. The van der Waals surface area contributed by atoms with Crippen LogP contribution in [0.15, 0.2) is 30.3 Å². The molecule has 0 saturated heterocycles. The van der Waals surface area contributed by atoms with E-state index in [9.17, 15) is 9.59 Å². The van der Waals surface area contributed by atoms with E-state index >= 15 is 0 Å². The number of hydrogen-bond donors (Lipinski definition) is 2. The standard InChI is InChI=1S/C10H7NO3/c12-9(13)5-7-6-3-1-2-4-8(6)11-10(7)14/h1-5H,(H,11,14)(H,12,13)/b7-5+. The number of fused-ring (bicyclic) bond motifs is 1. The maximum atomic E-state index is 11.3. The van der Waals surface area contributed by atoms with Crippen molar-refractivity contribution in [3.63, 3.8) is 0 Å². The number of carboxylic acid groups (broad SMARTS) is 1. The molecule has 0 radical (unpaired) electrons. The van der Waals surface area contributed by atoms with Gasteiger partial charge in [0, 0.05) is 17.3 Å². The molecule has 70 valence electrons. The summed E-state index contributed by atoms with van der Waals surface area (Å²) in [6, 6.07) is 6.98. The number of para-hydroxylation sites is 1. The van der Waals surface area contributed by atoms with Crippen LogP contribution < -0.4 is 5.32 Å². The molecule has 0 spiro atoms. The molecule has 2 rings (SSSR count). The number of carbonyl (C=O) groups is 2. The first kappa shape index (κ1) is 8.50. The number of hydrogen-bond acceptors (Lipinski definition) is 2. The lowest BCUT2D eigenvalue weighted by atomic mass is 10.1. The Morgan fingerprint density at radius 1 is 1.36 bits per heavy atom. The quantitative estimate of drug-likeness (QED) is 0.650. The molecule has 4 heteroatoms. The molecule has 1 amide bonds. The minimum atomic E-state index is -1.12. The molecule has 1 aromatic carbocycles. The Balaban J connectivity index is 2.55. The number of amides is 1. The zero-order valence-electron chi connectivity index (χ0n) is 7.15. The molecule has 0 fully saturated rings. The lowest BCUT2D eigenvalue weighted by Gasteiger charge is -1.94. The molecule has 2 N–H and O–H groups in total. The first-order chi connectivity index (χ1) is 6.68. The maximum absolute atomic E-state index is 11.3. The number of carboxylic acids is 1. The second-order valence-electron chi connectivity index (χ2n) is 2.90. The molecule has 0 bridgehead atoms. The van der Waals surface area contributed by atoms with E-state index in [0.29, 0.717) is 11.3 Å². The Morgan fingerprint density at radius 2 is 2.07 bits per heavy atom. The number of anilines is 1. The monoisotopic (exact) mass is 189 g/mol. The van der Waals surface area contributed by atoms with Crippen molar-refractivity contribution in [1.29, 1.82) is 0 Å². The van der Waals surface area contributed by atoms with E-state index in [0.717, 1.165) is 6.08 Å². The zero-order chi connectivity index (χ0) is 10.1. The van der Waals surface area contributed by atoms with E-state index in [-0.39, 0.29) is 11.5 Å². The van der Waals surface area contributed by atoms with E-state index in [2.05, 4.69) is 5.32 Å². The van der Waals surface area contributed by atoms with Crippen LogP contribution in [0.1, 0.15) is 5.56 Å². The van der Waals surface area contributed by atoms with Gasteiger partial charge in [0.05, 0.1) is 5.57 Å². The van der Waals surface area contributed by atoms with Crippen LogP contribution in [-0.4, -0.2) is 17.0 Å². The van der Waals surface area contributed by atoms with Crippen LogP contribution in [0.25, 0.3) is 5.57 Å². The highest BCUT2D eigenvalue weighted by Gasteiger charge is 2.23. The van der Waals surface area contributed by atoms with E-state index in [1.54, 1.807) is 24.3 Å².